The molecular formula is C25H30N2O4. The second-order valence-corrected chi connectivity index (χ2v) is 7.89. The monoisotopic (exact) mass is 422 g/mol. The number of benzene rings is 2. The van der Waals surface area contributed by atoms with Crippen LogP contribution in [0.1, 0.15) is 62.6 Å². The van der Waals surface area contributed by atoms with Crippen LogP contribution in [0.4, 0.5) is 5.69 Å². The fourth-order valence-corrected chi connectivity index (χ4v) is 4.00. The van der Waals surface area contributed by atoms with Crippen molar-refractivity contribution in [1.29, 1.82) is 5.26 Å². The third-order valence-electron chi connectivity index (χ3n) is 5.68. The van der Waals surface area contributed by atoms with Crippen LogP contribution in [0.3, 0.4) is 0 Å². The molecule has 0 amide bonds. The van der Waals surface area contributed by atoms with Gasteiger partial charge in [0.25, 0.3) is 0 Å². The van der Waals surface area contributed by atoms with E-state index in [2.05, 4.69) is 11.4 Å². The van der Waals surface area contributed by atoms with E-state index in [0.29, 0.717) is 41.5 Å². The van der Waals surface area contributed by atoms with Crippen LogP contribution >= 0.6 is 0 Å². The van der Waals surface area contributed by atoms with E-state index in [1.165, 1.54) is 32.1 Å². The highest BCUT2D eigenvalue weighted by atomic mass is 16.5. The van der Waals surface area contributed by atoms with Gasteiger partial charge in [0.05, 0.1) is 24.8 Å². The maximum atomic E-state index is 11.9. The van der Waals surface area contributed by atoms with Crippen LogP contribution in [-0.2, 0) is 4.79 Å². The Morgan fingerprint density at radius 3 is 2.52 bits per heavy atom. The molecule has 31 heavy (non-hydrogen) atoms. The van der Waals surface area contributed by atoms with Gasteiger partial charge in [-0.2, -0.15) is 5.26 Å². The van der Waals surface area contributed by atoms with Crippen molar-refractivity contribution in [2.45, 2.75) is 51.5 Å². The first-order valence-corrected chi connectivity index (χ1v) is 11.0. The van der Waals surface area contributed by atoms with Gasteiger partial charge >= 0.3 is 5.97 Å². The Morgan fingerprint density at radius 2 is 1.87 bits per heavy atom. The molecule has 0 spiro atoms. The number of ether oxygens (including phenoxy) is 2. The van der Waals surface area contributed by atoms with E-state index in [1.54, 1.807) is 42.5 Å². The van der Waals surface area contributed by atoms with Crippen molar-refractivity contribution in [3.8, 4) is 17.6 Å². The van der Waals surface area contributed by atoms with Gasteiger partial charge in [-0.3, -0.25) is 0 Å². The Balaban J connectivity index is 1.71. The molecule has 0 bridgehead atoms. The van der Waals surface area contributed by atoms with Gasteiger partial charge in [-0.25, -0.2) is 4.79 Å². The van der Waals surface area contributed by atoms with Gasteiger partial charge in [0.1, 0.15) is 0 Å². The fraction of sp³-hybridized carbons (Fsp3) is 0.440. The number of nitrogens with one attached hydrogen (secondary N) is 1. The second-order valence-electron chi connectivity index (χ2n) is 7.89. The zero-order chi connectivity index (χ0) is 22.1. The maximum absolute atomic E-state index is 11.9. The number of carboxylic acid groups (broad SMARTS) is 1. The van der Waals surface area contributed by atoms with Gasteiger partial charge in [-0.05, 0) is 61.2 Å². The van der Waals surface area contributed by atoms with Gasteiger partial charge in [0, 0.05) is 5.69 Å². The fourth-order valence-electron chi connectivity index (χ4n) is 4.00. The summed E-state index contributed by atoms with van der Waals surface area (Å²) in [6.07, 6.45) is 7.56. The van der Waals surface area contributed by atoms with E-state index in [1.807, 2.05) is 6.92 Å². The molecule has 3 rings (SSSR count). The van der Waals surface area contributed by atoms with E-state index in [9.17, 15) is 9.90 Å². The highest BCUT2D eigenvalue weighted by Crippen LogP contribution is 2.33. The molecular weight excluding hydrogens is 392 g/mol. The molecule has 6 heteroatoms. The third-order valence-corrected chi connectivity index (χ3v) is 5.68. The van der Waals surface area contributed by atoms with Crippen LogP contribution in [0, 0.1) is 17.2 Å². The summed E-state index contributed by atoms with van der Waals surface area (Å²) in [6.45, 7) is 2.99. The zero-order valence-corrected chi connectivity index (χ0v) is 18.0. The Hall–Kier alpha value is -3.20. The van der Waals surface area contributed by atoms with E-state index < -0.39 is 12.0 Å². The van der Waals surface area contributed by atoms with Crippen molar-refractivity contribution in [2.24, 2.45) is 5.92 Å². The molecule has 0 heterocycles. The van der Waals surface area contributed by atoms with Crippen molar-refractivity contribution in [3.05, 3.63) is 53.6 Å². The molecule has 0 radical (unpaired) electrons. The molecule has 2 N–H and O–H groups in total. The lowest BCUT2D eigenvalue weighted by molar-refractivity contribution is -0.138. The minimum absolute atomic E-state index is 0.462. The number of nitrogens with zero attached hydrogens (tertiary/aromatic N) is 1. The lowest BCUT2D eigenvalue weighted by Gasteiger charge is -2.22. The first-order valence-electron chi connectivity index (χ1n) is 11.0. The van der Waals surface area contributed by atoms with Crippen molar-refractivity contribution >= 4 is 11.7 Å². The van der Waals surface area contributed by atoms with Gasteiger partial charge in [0.15, 0.2) is 17.5 Å². The topological polar surface area (TPSA) is 91.6 Å². The molecule has 1 fully saturated rings. The number of anilines is 1. The van der Waals surface area contributed by atoms with Crippen LogP contribution in [0.2, 0.25) is 0 Å². The summed E-state index contributed by atoms with van der Waals surface area (Å²) in [6, 6.07) is 13.1. The molecule has 1 atom stereocenters. The van der Waals surface area contributed by atoms with Crippen LogP contribution in [0.25, 0.3) is 0 Å². The van der Waals surface area contributed by atoms with Crippen LogP contribution in [0.15, 0.2) is 42.5 Å². The lowest BCUT2D eigenvalue weighted by Crippen LogP contribution is -2.20. The van der Waals surface area contributed by atoms with Crippen LogP contribution < -0.4 is 14.8 Å². The lowest BCUT2D eigenvalue weighted by atomic mass is 9.87. The van der Waals surface area contributed by atoms with Crippen molar-refractivity contribution in [1.82, 2.24) is 0 Å². The van der Waals surface area contributed by atoms with Gasteiger partial charge in [0.2, 0.25) is 0 Å². The number of rotatable bonds is 10. The number of carbonyl (C=O) groups is 1. The number of carboxylic acids is 1. The predicted molar refractivity (Wildman–Crippen MR) is 119 cm³/mol. The van der Waals surface area contributed by atoms with Gasteiger partial charge < -0.3 is 19.9 Å². The van der Waals surface area contributed by atoms with Crippen molar-refractivity contribution in [2.75, 3.05) is 18.5 Å². The first kappa shape index (κ1) is 22.5. The molecule has 1 aliphatic rings. The van der Waals surface area contributed by atoms with E-state index >= 15 is 0 Å². The van der Waals surface area contributed by atoms with E-state index in [0.717, 1.165) is 12.3 Å². The number of nitriles is 1. The van der Waals surface area contributed by atoms with Gasteiger partial charge in [-0.15, -0.1) is 0 Å². The normalized spacial score (nSPS) is 15.0. The Morgan fingerprint density at radius 1 is 1.13 bits per heavy atom. The Bertz CT molecular complexity index is 899. The predicted octanol–water partition coefficient (Wildman–Crippen LogP) is 5.54. The minimum atomic E-state index is -1.00. The minimum Gasteiger partial charge on any atom is -0.490 e. The van der Waals surface area contributed by atoms with E-state index in [4.69, 9.17) is 14.7 Å². The molecule has 1 unspecified atom stereocenters. The molecule has 164 valence electrons. The largest absolute Gasteiger partial charge is 0.490 e. The molecule has 2 aromatic carbocycles. The third kappa shape index (κ3) is 6.39. The summed E-state index contributed by atoms with van der Waals surface area (Å²) < 4.78 is 11.8. The molecule has 0 aromatic heterocycles. The maximum Gasteiger partial charge on any atom is 0.330 e. The van der Waals surface area contributed by atoms with Crippen LogP contribution in [-0.4, -0.2) is 24.3 Å². The highest BCUT2D eigenvalue weighted by molar-refractivity contribution is 5.79. The van der Waals surface area contributed by atoms with Crippen LogP contribution in [0.5, 0.6) is 11.5 Å². The molecule has 0 aliphatic heterocycles. The molecule has 0 saturated heterocycles. The highest BCUT2D eigenvalue weighted by Gasteiger charge is 2.22. The van der Waals surface area contributed by atoms with Crippen molar-refractivity contribution in [3.63, 3.8) is 0 Å². The standard InChI is InChI=1S/C25H30N2O4/c1-2-30-23-16-20(10-13-22(23)31-15-14-18-6-4-3-5-7-18)24(25(28)29)27-21-11-8-19(17-26)9-12-21/h8-13,16,18,24,27H,2-7,14-15H2,1H3,(H,28,29). The summed E-state index contributed by atoms with van der Waals surface area (Å²) in [5, 5.41) is 21.7. The summed E-state index contributed by atoms with van der Waals surface area (Å²) in [5.41, 5.74) is 1.71. The number of aliphatic carboxylic acids is 1. The smallest absolute Gasteiger partial charge is 0.330 e. The average Bonchev–Trinajstić information content (AvgIpc) is 2.79. The average molecular weight is 423 g/mol. The van der Waals surface area contributed by atoms with E-state index in [-0.39, 0.29) is 0 Å². The Labute approximate surface area is 183 Å². The molecule has 1 aliphatic carbocycles. The zero-order valence-electron chi connectivity index (χ0n) is 18.0. The first-order chi connectivity index (χ1) is 15.1. The second kappa shape index (κ2) is 11.3. The summed E-state index contributed by atoms with van der Waals surface area (Å²) in [7, 11) is 0. The number of hydrogen-bond acceptors (Lipinski definition) is 5. The summed E-state index contributed by atoms with van der Waals surface area (Å²) >= 11 is 0. The Kier molecular flexibility index (Phi) is 8.17. The summed E-state index contributed by atoms with van der Waals surface area (Å²) in [5.74, 6) is 0.926. The molecule has 6 nitrogen and oxygen atoms in total. The number of hydrogen-bond donors (Lipinski definition) is 2. The quantitative estimate of drug-likeness (QED) is 0.522. The summed E-state index contributed by atoms with van der Waals surface area (Å²) in [4.78, 5) is 11.9. The molecule has 1 saturated carbocycles. The molecule has 2 aromatic rings. The SMILES string of the molecule is CCOc1cc(C(Nc2ccc(C#N)cc2)C(=O)O)ccc1OCCC1CCCCC1. The van der Waals surface area contributed by atoms with Gasteiger partial charge in [-0.1, -0.05) is 38.2 Å². The van der Waals surface area contributed by atoms with Crippen molar-refractivity contribution < 1.29 is 19.4 Å².